The van der Waals surface area contributed by atoms with Gasteiger partial charge in [-0.2, -0.15) is 0 Å². The number of benzene rings is 2. The summed E-state index contributed by atoms with van der Waals surface area (Å²) in [5.74, 6) is 0.544. The van der Waals surface area contributed by atoms with Gasteiger partial charge in [-0.15, -0.1) is 0 Å². The molecule has 0 bridgehead atoms. The van der Waals surface area contributed by atoms with E-state index in [1.807, 2.05) is 25.1 Å². The van der Waals surface area contributed by atoms with Crippen LogP contribution in [-0.2, 0) is 16.6 Å². The minimum Gasteiger partial charge on any atom is -0.399 e. The Kier molecular flexibility index (Phi) is 4.29. The van der Waals surface area contributed by atoms with Crippen molar-refractivity contribution in [3.63, 3.8) is 0 Å². The molecule has 1 unspecified atom stereocenters. The Morgan fingerprint density at radius 1 is 0.950 bits per heavy atom. The fraction of sp³-hybridized carbons (Fsp3) is 0.294. The van der Waals surface area contributed by atoms with Crippen molar-refractivity contribution in [2.75, 3.05) is 5.73 Å². The van der Waals surface area contributed by atoms with E-state index >= 15 is 0 Å². The van der Waals surface area contributed by atoms with Crippen molar-refractivity contribution >= 4 is 16.5 Å². The Labute approximate surface area is 123 Å². The van der Waals surface area contributed by atoms with Crippen LogP contribution in [0.4, 0.5) is 5.69 Å². The first-order valence-corrected chi connectivity index (χ1v) is 8.01. The summed E-state index contributed by atoms with van der Waals surface area (Å²) in [6.07, 6.45) is 0. The summed E-state index contributed by atoms with van der Waals surface area (Å²) < 4.78 is 12.6. The molecule has 0 radical (unpaired) electrons. The van der Waals surface area contributed by atoms with Gasteiger partial charge in [-0.1, -0.05) is 23.8 Å². The van der Waals surface area contributed by atoms with Crippen LogP contribution in [0.3, 0.4) is 0 Å². The summed E-state index contributed by atoms with van der Waals surface area (Å²) in [7, 11) is -1.06. The van der Waals surface area contributed by atoms with Crippen LogP contribution in [0.15, 0.2) is 35.2 Å². The minimum atomic E-state index is -1.06. The molecule has 0 aromatic heterocycles. The van der Waals surface area contributed by atoms with Crippen molar-refractivity contribution in [3.8, 4) is 0 Å². The van der Waals surface area contributed by atoms with Crippen LogP contribution in [0.5, 0.6) is 0 Å². The van der Waals surface area contributed by atoms with Gasteiger partial charge in [0.25, 0.3) is 0 Å². The Bertz CT molecular complexity index is 654. The molecule has 0 heterocycles. The van der Waals surface area contributed by atoms with Gasteiger partial charge in [0.15, 0.2) is 0 Å². The topological polar surface area (TPSA) is 43.1 Å². The van der Waals surface area contributed by atoms with Crippen molar-refractivity contribution < 1.29 is 4.21 Å². The molecule has 3 heteroatoms. The van der Waals surface area contributed by atoms with Crippen LogP contribution in [0.25, 0.3) is 0 Å². The smallest absolute Gasteiger partial charge is 0.0577 e. The number of hydrogen-bond acceptors (Lipinski definition) is 2. The molecule has 2 nitrogen and oxygen atoms in total. The highest BCUT2D eigenvalue weighted by Gasteiger charge is 2.12. The van der Waals surface area contributed by atoms with Crippen molar-refractivity contribution in [2.45, 2.75) is 38.3 Å². The van der Waals surface area contributed by atoms with Gasteiger partial charge in [-0.3, -0.25) is 4.21 Å². The number of anilines is 1. The van der Waals surface area contributed by atoms with E-state index in [0.29, 0.717) is 11.4 Å². The molecule has 1 atom stereocenters. The van der Waals surface area contributed by atoms with Gasteiger partial charge >= 0.3 is 0 Å². The zero-order chi connectivity index (χ0) is 14.9. The summed E-state index contributed by atoms with van der Waals surface area (Å²) in [6.45, 7) is 8.22. The number of aryl methyl sites for hydroxylation is 4. The number of nitrogen functional groups attached to an aromatic ring is 1. The predicted molar refractivity (Wildman–Crippen MR) is 86.4 cm³/mol. The monoisotopic (exact) mass is 287 g/mol. The van der Waals surface area contributed by atoms with Crippen LogP contribution in [0, 0.1) is 27.7 Å². The van der Waals surface area contributed by atoms with E-state index in [-0.39, 0.29) is 0 Å². The molecule has 0 saturated carbocycles. The maximum absolute atomic E-state index is 12.6. The number of rotatable bonds is 3. The molecule has 0 aliphatic rings. The molecule has 0 spiro atoms. The summed E-state index contributed by atoms with van der Waals surface area (Å²) in [5, 5.41) is 0. The SMILES string of the molecule is Cc1cc(C)c(CS(=O)c2cc(N)ccc2C)c(C)c1. The second-order valence-electron chi connectivity index (χ2n) is 5.39. The molecule has 0 amide bonds. The third-order valence-electron chi connectivity index (χ3n) is 3.57. The van der Waals surface area contributed by atoms with E-state index in [1.165, 1.54) is 22.3 Å². The van der Waals surface area contributed by atoms with Gasteiger partial charge in [-0.25, -0.2) is 0 Å². The largest absolute Gasteiger partial charge is 0.399 e. The number of nitrogens with two attached hydrogens (primary N) is 1. The van der Waals surface area contributed by atoms with E-state index in [1.54, 1.807) is 0 Å². The third kappa shape index (κ3) is 3.10. The summed E-state index contributed by atoms with van der Waals surface area (Å²) in [6, 6.07) is 9.89. The van der Waals surface area contributed by atoms with Crippen LogP contribution in [0.1, 0.15) is 27.8 Å². The lowest BCUT2D eigenvalue weighted by molar-refractivity contribution is 0.682. The molecule has 2 N–H and O–H groups in total. The summed E-state index contributed by atoms with van der Waals surface area (Å²) in [4.78, 5) is 0.837. The quantitative estimate of drug-likeness (QED) is 0.872. The molecule has 0 aliphatic heterocycles. The summed E-state index contributed by atoms with van der Waals surface area (Å²) in [5.41, 5.74) is 12.3. The van der Waals surface area contributed by atoms with Crippen molar-refractivity contribution in [1.82, 2.24) is 0 Å². The normalized spacial score (nSPS) is 12.4. The Balaban J connectivity index is 2.35. The zero-order valence-corrected chi connectivity index (χ0v) is 13.3. The van der Waals surface area contributed by atoms with Gasteiger partial charge in [0.1, 0.15) is 0 Å². The Morgan fingerprint density at radius 2 is 1.55 bits per heavy atom. The van der Waals surface area contributed by atoms with Crippen molar-refractivity contribution in [3.05, 3.63) is 58.1 Å². The molecule has 2 aromatic carbocycles. The maximum Gasteiger partial charge on any atom is 0.0577 e. The molecule has 0 fully saturated rings. The standard InChI is InChI=1S/C17H21NOS/c1-11-7-13(3)16(14(4)8-11)10-20(19)17-9-15(18)6-5-12(17)2/h5-9H,10,18H2,1-4H3. The molecular weight excluding hydrogens is 266 g/mol. The molecule has 106 valence electrons. The molecule has 2 aromatic rings. The van der Waals surface area contributed by atoms with E-state index < -0.39 is 10.8 Å². The Hall–Kier alpha value is -1.61. The first-order valence-electron chi connectivity index (χ1n) is 6.69. The lowest BCUT2D eigenvalue weighted by Crippen LogP contribution is -2.03. The van der Waals surface area contributed by atoms with E-state index in [2.05, 4.69) is 32.9 Å². The summed E-state index contributed by atoms with van der Waals surface area (Å²) >= 11 is 0. The highest BCUT2D eigenvalue weighted by atomic mass is 32.2. The molecular formula is C17H21NOS. The van der Waals surface area contributed by atoms with Crippen molar-refractivity contribution in [1.29, 1.82) is 0 Å². The van der Waals surface area contributed by atoms with Gasteiger partial charge in [0, 0.05) is 10.6 Å². The molecule has 0 saturated heterocycles. The van der Waals surface area contributed by atoms with Gasteiger partial charge in [-0.05, 0) is 62.1 Å². The maximum atomic E-state index is 12.6. The van der Waals surface area contributed by atoms with Gasteiger partial charge < -0.3 is 5.73 Å². The van der Waals surface area contributed by atoms with Crippen LogP contribution < -0.4 is 5.73 Å². The van der Waals surface area contributed by atoms with Crippen molar-refractivity contribution in [2.24, 2.45) is 0 Å². The van der Waals surface area contributed by atoms with E-state index in [4.69, 9.17) is 5.73 Å². The molecule has 0 aliphatic carbocycles. The highest BCUT2D eigenvalue weighted by Crippen LogP contribution is 2.23. The molecule has 20 heavy (non-hydrogen) atoms. The fourth-order valence-corrected chi connectivity index (χ4v) is 4.08. The predicted octanol–water partition coefficient (Wildman–Crippen LogP) is 3.81. The van der Waals surface area contributed by atoms with Crippen LogP contribution >= 0.6 is 0 Å². The van der Waals surface area contributed by atoms with Gasteiger partial charge in [0.2, 0.25) is 0 Å². The second-order valence-corrected chi connectivity index (χ2v) is 6.81. The fourth-order valence-electron chi connectivity index (χ4n) is 2.51. The average molecular weight is 287 g/mol. The Morgan fingerprint density at radius 3 is 2.15 bits per heavy atom. The first-order chi connectivity index (χ1) is 9.38. The highest BCUT2D eigenvalue weighted by molar-refractivity contribution is 7.84. The first kappa shape index (κ1) is 14.8. The third-order valence-corrected chi connectivity index (χ3v) is 5.05. The lowest BCUT2D eigenvalue weighted by atomic mass is 10.0. The lowest BCUT2D eigenvalue weighted by Gasteiger charge is -2.12. The van der Waals surface area contributed by atoms with Gasteiger partial charge in [0.05, 0.1) is 16.6 Å². The van der Waals surface area contributed by atoms with Crippen LogP contribution in [0.2, 0.25) is 0 Å². The number of hydrogen-bond donors (Lipinski definition) is 1. The minimum absolute atomic E-state index is 0.544. The second kappa shape index (κ2) is 5.80. The van der Waals surface area contributed by atoms with E-state index in [0.717, 1.165) is 10.5 Å². The average Bonchev–Trinajstić information content (AvgIpc) is 2.36. The molecule has 2 rings (SSSR count). The zero-order valence-electron chi connectivity index (χ0n) is 12.5. The van der Waals surface area contributed by atoms with E-state index in [9.17, 15) is 4.21 Å². The van der Waals surface area contributed by atoms with Crippen LogP contribution in [-0.4, -0.2) is 4.21 Å².